The Morgan fingerprint density at radius 2 is 2.07 bits per heavy atom. The quantitative estimate of drug-likeness (QED) is 0.859. The van der Waals surface area contributed by atoms with E-state index in [0.29, 0.717) is 35.8 Å². The minimum atomic E-state index is -0.226. The molecule has 2 saturated carbocycles. The first-order chi connectivity index (χ1) is 13.5. The number of benzene rings is 1. The van der Waals surface area contributed by atoms with Crippen molar-refractivity contribution in [2.75, 3.05) is 20.2 Å². The average molecular weight is 384 g/mol. The van der Waals surface area contributed by atoms with Gasteiger partial charge >= 0.3 is 0 Å². The van der Waals surface area contributed by atoms with Gasteiger partial charge in [0, 0.05) is 35.9 Å². The Labute approximate surface area is 168 Å². The predicted molar refractivity (Wildman–Crippen MR) is 109 cm³/mol. The van der Waals surface area contributed by atoms with E-state index < -0.39 is 0 Å². The van der Waals surface area contributed by atoms with Gasteiger partial charge in [0.05, 0.1) is 7.11 Å². The molecule has 2 bridgehead atoms. The summed E-state index contributed by atoms with van der Waals surface area (Å²) in [6.07, 6.45) is 6.66. The van der Waals surface area contributed by atoms with Crippen LogP contribution in [0.2, 0.25) is 0 Å². The number of piperidine rings is 1. The van der Waals surface area contributed by atoms with Gasteiger partial charge < -0.3 is 9.84 Å². The highest BCUT2D eigenvalue weighted by Gasteiger charge is 2.60. The van der Waals surface area contributed by atoms with E-state index in [0.717, 1.165) is 30.9 Å². The number of carbonyl (C=O) groups excluding carboxylic acids is 1. The summed E-state index contributed by atoms with van der Waals surface area (Å²) in [6.45, 7) is 6.65. The van der Waals surface area contributed by atoms with E-state index in [1.165, 1.54) is 31.4 Å². The number of phenolic OH excluding ortho intramolecular Hbond substituents is 1. The molecule has 0 amide bonds. The maximum Gasteiger partial charge on any atom is 0.161 e. The summed E-state index contributed by atoms with van der Waals surface area (Å²) in [4.78, 5) is 15.8. The molecule has 1 N–H and O–H groups in total. The van der Waals surface area contributed by atoms with Crippen LogP contribution >= 0.6 is 0 Å². The van der Waals surface area contributed by atoms with E-state index in [9.17, 15) is 9.90 Å². The molecule has 3 fully saturated rings. The molecule has 5 atom stereocenters. The number of ether oxygens (including phenoxy) is 1. The Balaban J connectivity index is 1.63. The number of hydrogen-bond acceptors (Lipinski definition) is 4. The Hall–Kier alpha value is -1.55. The molecule has 5 rings (SSSR count). The number of Topliss-reactive ketones (excluding diaryl/α,β-unsaturated/α-hetero) is 1. The van der Waals surface area contributed by atoms with Crippen LogP contribution in [0.1, 0.15) is 57.1 Å². The molecule has 0 aromatic heterocycles. The van der Waals surface area contributed by atoms with Crippen molar-refractivity contribution >= 4 is 5.78 Å². The standard InChI is InChI=1S/C24H33NO3/c1-14-15(2)21-18-11-17-7-8-20(28-3)23(27)22(17)24(21,12-19(14)26)9-10-25(18)13-16-5-4-6-16/h7-8,14-16,18,21,27H,4-6,9-13H2,1-3H3/t14-,15?,18?,21?,24?/m0/s1. The predicted octanol–water partition coefficient (Wildman–Crippen LogP) is 3.93. The number of aromatic hydroxyl groups is 1. The van der Waals surface area contributed by atoms with Crippen LogP contribution in [-0.4, -0.2) is 42.0 Å². The molecule has 1 saturated heterocycles. The van der Waals surface area contributed by atoms with E-state index in [1.54, 1.807) is 7.11 Å². The molecular formula is C24H33NO3. The summed E-state index contributed by atoms with van der Waals surface area (Å²) in [5.74, 6) is 2.93. The van der Waals surface area contributed by atoms with Crippen molar-refractivity contribution in [1.82, 2.24) is 4.90 Å². The van der Waals surface area contributed by atoms with Gasteiger partial charge in [-0.15, -0.1) is 0 Å². The molecule has 0 spiro atoms. The maximum atomic E-state index is 13.0. The SMILES string of the molecule is COc1ccc2c(c1O)C13CCN(CC4CCC4)C(C2)C1C(C)[C@H](C)C(=O)C3. The van der Waals surface area contributed by atoms with Crippen molar-refractivity contribution in [3.05, 3.63) is 23.3 Å². The third-order valence-electron chi connectivity index (χ3n) is 8.81. The zero-order chi connectivity index (χ0) is 19.6. The fraction of sp³-hybridized carbons (Fsp3) is 0.708. The molecule has 28 heavy (non-hydrogen) atoms. The second kappa shape index (κ2) is 6.48. The Kier molecular flexibility index (Phi) is 4.28. The highest BCUT2D eigenvalue weighted by atomic mass is 16.5. The minimum absolute atomic E-state index is 0.110. The molecule has 4 aliphatic rings. The fourth-order valence-electron chi connectivity index (χ4n) is 7.01. The van der Waals surface area contributed by atoms with E-state index in [-0.39, 0.29) is 17.1 Å². The first-order valence-corrected chi connectivity index (χ1v) is 11.1. The topological polar surface area (TPSA) is 49.8 Å². The van der Waals surface area contributed by atoms with Crippen molar-refractivity contribution in [2.45, 2.75) is 63.8 Å². The van der Waals surface area contributed by atoms with E-state index >= 15 is 0 Å². The molecule has 152 valence electrons. The Bertz CT molecular complexity index is 801. The number of likely N-dealkylation sites (tertiary alicyclic amines) is 1. The van der Waals surface area contributed by atoms with Crippen LogP contribution in [0.4, 0.5) is 0 Å². The molecule has 4 unspecified atom stereocenters. The van der Waals surface area contributed by atoms with Crippen molar-refractivity contribution < 1.29 is 14.6 Å². The van der Waals surface area contributed by atoms with Gasteiger partial charge in [0.15, 0.2) is 11.5 Å². The van der Waals surface area contributed by atoms with Crippen LogP contribution in [0.25, 0.3) is 0 Å². The first-order valence-electron chi connectivity index (χ1n) is 11.1. The Morgan fingerprint density at radius 3 is 2.75 bits per heavy atom. The van der Waals surface area contributed by atoms with Gasteiger partial charge in [-0.05, 0) is 61.6 Å². The lowest BCUT2D eigenvalue weighted by atomic mass is 9.47. The van der Waals surface area contributed by atoms with Gasteiger partial charge in [-0.25, -0.2) is 0 Å². The summed E-state index contributed by atoms with van der Waals surface area (Å²) in [6, 6.07) is 4.52. The molecule has 1 aromatic rings. The molecular weight excluding hydrogens is 350 g/mol. The zero-order valence-electron chi connectivity index (χ0n) is 17.4. The number of phenols is 1. The summed E-state index contributed by atoms with van der Waals surface area (Å²) in [5, 5.41) is 11.1. The van der Waals surface area contributed by atoms with Crippen LogP contribution in [0, 0.1) is 23.7 Å². The number of fused-ring (bicyclic) bond motifs is 1. The van der Waals surface area contributed by atoms with Crippen molar-refractivity contribution in [2.24, 2.45) is 23.7 Å². The third-order valence-corrected chi connectivity index (χ3v) is 8.81. The average Bonchev–Trinajstić information content (AvgIpc) is 2.63. The minimum Gasteiger partial charge on any atom is -0.504 e. The number of carbonyl (C=O) groups is 1. The number of rotatable bonds is 3. The summed E-state index contributed by atoms with van der Waals surface area (Å²) >= 11 is 0. The highest BCUT2D eigenvalue weighted by Crippen LogP contribution is 2.61. The molecule has 1 aromatic carbocycles. The number of hydrogen-bond donors (Lipinski definition) is 1. The Morgan fingerprint density at radius 1 is 1.29 bits per heavy atom. The lowest BCUT2D eigenvalue weighted by Crippen LogP contribution is -2.65. The van der Waals surface area contributed by atoms with Crippen LogP contribution in [0.3, 0.4) is 0 Å². The van der Waals surface area contributed by atoms with E-state index in [2.05, 4.69) is 24.8 Å². The number of ketones is 1. The van der Waals surface area contributed by atoms with Gasteiger partial charge in [-0.3, -0.25) is 9.69 Å². The van der Waals surface area contributed by atoms with E-state index in [1.807, 2.05) is 6.07 Å². The van der Waals surface area contributed by atoms with Crippen molar-refractivity contribution in [1.29, 1.82) is 0 Å². The summed E-state index contributed by atoms with van der Waals surface area (Å²) in [7, 11) is 1.61. The monoisotopic (exact) mass is 383 g/mol. The van der Waals surface area contributed by atoms with Gasteiger partial charge in [-0.1, -0.05) is 26.3 Å². The number of methoxy groups -OCH3 is 1. The normalized spacial score (nSPS) is 37.8. The largest absolute Gasteiger partial charge is 0.504 e. The third kappa shape index (κ3) is 2.43. The van der Waals surface area contributed by atoms with Crippen molar-refractivity contribution in [3.8, 4) is 11.5 Å². The summed E-state index contributed by atoms with van der Waals surface area (Å²) < 4.78 is 5.45. The highest BCUT2D eigenvalue weighted by molar-refractivity contribution is 5.84. The fourth-order valence-corrected chi connectivity index (χ4v) is 7.01. The first kappa shape index (κ1) is 18.5. The molecule has 1 aliphatic heterocycles. The zero-order valence-corrected chi connectivity index (χ0v) is 17.4. The molecule has 1 heterocycles. The van der Waals surface area contributed by atoms with E-state index in [4.69, 9.17) is 4.74 Å². The van der Waals surface area contributed by atoms with Gasteiger partial charge in [0.25, 0.3) is 0 Å². The van der Waals surface area contributed by atoms with Crippen LogP contribution in [0.5, 0.6) is 11.5 Å². The van der Waals surface area contributed by atoms with Crippen molar-refractivity contribution in [3.63, 3.8) is 0 Å². The molecule has 3 aliphatic carbocycles. The van der Waals surface area contributed by atoms with Crippen LogP contribution in [0.15, 0.2) is 12.1 Å². The second-order valence-electron chi connectivity index (χ2n) is 9.94. The maximum absolute atomic E-state index is 13.0. The lowest BCUT2D eigenvalue weighted by Gasteiger charge is -2.62. The lowest BCUT2D eigenvalue weighted by molar-refractivity contribution is -0.138. The van der Waals surface area contributed by atoms with Gasteiger partial charge in [-0.2, -0.15) is 0 Å². The second-order valence-corrected chi connectivity index (χ2v) is 9.94. The van der Waals surface area contributed by atoms with Crippen LogP contribution < -0.4 is 4.74 Å². The van der Waals surface area contributed by atoms with Gasteiger partial charge in [0.2, 0.25) is 0 Å². The molecule has 4 nitrogen and oxygen atoms in total. The smallest absolute Gasteiger partial charge is 0.161 e. The van der Waals surface area contributed by atoms with Gasteiger partial charge in [0.1, 0.15) is 5.78 Å². The van der Waals surface area contributed by atoms with Crippen LogP contribution in [-0.2, 0) is 16.6 Å². The molecule has 0 radical (unpaired) electrons. The molecule has 4 heteroatoms. The number of nitrogens with zero attached hydrogens (tertiary/aromatic N) is 1. The summed E-state index contributed by atoms with van der Waals surface area (Å²) in [5.41, 5.74) is 2.03.